The normalized spacial score (nSPS) is 19.0. The molecule has 0 saturated heterocycles. The molecule has 2 nitrogen and oxygen atoms in total. The van der Waals surface area contributed by atoms with Gasteiger partial charge in [-0.2, -0.15) is 0 Å². The molecular weight excluding hydrogens is 209 g/mol. The van der Waals surface area contributed by atoms with Gasteiger partial charge in [-0.15, -0.1) is 0 Å². The molecule has 1 rings (SSSR count). The van der Waals surface area contributed by atoms with E-state index in [1.54, 1.807) is 13.8 Å². The Balaban J connectivity index is 3.19. The van der Waals surface area contributed by atoms with Crippen molar-refractivity contribution in [1.82, 2.24) is 0 Å². The molecule has 0 N–H and O–H groups in total. The molecule has 3 heteroatoms. The molecule has 0 aromatic heterocycles. The summed E-state index contributed by atoms with van der Waals surface area (Å²) in [5, 5.41) is 0. The van der Waals surface area contributed by atoms with Gasteiger partial charge in [0.2, 0.25) is 0 Å². The summed E-state index contributed by atoms with van der Waals surface area (Å²) in [7, 11) is 0. The zero-order chi connectivity index (χ0) is 8.59. The molecule has 0 spiro atoms. The second-order valence-electron chi connectivity index (χ2n) is 2.44. The average molecular weight is 216 g/mol. The maximum absolute atomic E-state index is 11.2. The first-order valence-corrected chi connectivity index (χ1v) is 3.97. The van der Waals surface area contributed by atoms with Gasteiger partial charge >= 0.3 is 0 Å². The number of rotatable bonds is 0. The van der Waals surface area contributed by atoms with Crippen LogP contribution in [0.1, 0.15) is 13.8 Å². The molecule has 0 unspecified atom stereocenters. The first-order valence-electron chi connectivity index (χ1n) is 3.17. The number of carbonyl (C=O) groups is 2. The summed E-state index contributed by atoms with van der Waals surface area (Å²) in [5.74, 6) is -0.184. The second kappa shape index (κ2) is 2.74. The molecule has 1 aliphatic rings. The molecule has 0 saturated carbocycles. The first kappa shape index (κ1) is 8.40. The zero-order valence-electron chi connectivity index (χ0n) is 6.27. The van der Waals surface area contributed by atoms with Crippen LogP contribution in [0.3, 0.4) is 0 Å². The summed E-state index contributed by atoms with van der Waals surface area (Å²) in [5.41, 5.74) is 1.07. The molecule has 0 amide bonds. The number of Topliss-reactive ketones (excluding diaryl/α,β-unsaturated/α-hetero) is 1. The third-order valence-electron chi connectivity index (χ3n) is 1.75. The van der Waals surface area contributed by atoms with E-state index in [4.69, 9.17) is 0 Å². The van der Waals surface area contributed by atoms with Crippen LogP contribution in [0.15, 0.2) is 21.7 Å². The Morgan fingerprint density at radius 3 is 2.27 bits per heavy atom. The van der Waals surface area contributed by atoms with Crippen LogP contribution >= 0.6 is 15.9 Å². The molecule has 0 bridgehead atoms. The van der Waals surface area contributed by atoms with Gasteiger partial charge in [0.05, 0.1) is 4.48 Å². The predicted molar refractivity (Wildman–Crippen MR) is 45.4 cm³/mol. The van der Waals surface area contributed by atoms with E-state index in [0.717, 1.165) is 0 Å². The lowest BCUT2D eigenvalue weighted by Crippen LogP contribution is -2.13. The molecule has 0 aromatic carbocycles. The predicted octanol–water partition coefficient (Wildman–Crippen LogP) is 1.75. The van der Waals surface area contributed by atoms with E-state index in [2.05, 4.69) is 15.9 Å². The average Bonchev–Trinajstić information content (AvgIpc) is 1.97. The van der Waals surface area contributed by atoms with E-state index >= 15 is 0 Å². The van der Waals surface area contributed by atoms with Crippen LogP contribution in [-0.4, -0.2) is 11.6 Å². The van der Waals surface area contributed by atoms with Crippen molar-refractivity contribution in [2.24, 2.45) is 0 Å². The summed E-state index contributed by atoms with van der Waals surface area (Å²) < 4.78 is 0.352. The fourth-order valence-corrected chi connectivity index (χ4v) is 1.33. The summed E-state index contributed by atoms with van der Waals surface area (Å²) in [6, 6.07) is 0. The molecule has 0 heterocycles. The lowest BCUT2D eigenvalue weighted by molar-refractivity contribution is -0.115. The van der Waals surface area contributed by atoms with E-state index in [0.29, 0.717) is 15.6 Å². The fourth-order valence-electron chi connectivity index (χ4n) is 0.823. The van der Waals surface area contributed by atoms with Crippen molar-refractivity contribution in [2.45, 2.75) is 13.8 Å². The highest BCUT2D eigenvalue weighted by molar-refractivity contribution is 9.12. The van der Waals surface area contributed by atoms with Gasteiger partial charge in [0, 0.05) is 17.2 Å². The minimum absolute atomic E-state index is 0.0889. The Bertz CT molecular complexity index is 297. The first-order chi connectivity index (χ1) is 5.04. The third kappa shape index (κ3) is 1.33. The summed E-state index contributed by atoms with van der Waals surface area (Å²) in [4.78, 5) is 22.2. The minimum atomic E-state index is -0.0953. The van der Waals surface area contributed by atoms with Gasteiger partial charge in [0.15, 0.2) is 11.6 Å². The molecule has 1 aliphatic carbocycles. The van der Waals surface area contributed by atoms with Crippen molar-refractivity contribution in [3.8, 4) is 0 Å². The number of hydrogen-bond acceptors (Lipinski definition) is 2. The summed E-state index contributed by atoms with van der Waals surface area (Å²) >= 11 is 3.02. The van der Waals surface area contributed by atoms with Crippen LogP contribution < -0.4 is 0 Å². The smallest absolute Gasteiger partial charge is 0.196 e. The van der Waals surface area contributed by atoms with E-state index in [1.807, 2.05) is 0 Å². The van der Waals surface area contributed by atoms with Gasteiger partial charge in [0.25, 0.3) is 0 Å². The highest BCUT2D eigenvalue weighted by Gasteiger charge is 2.20. The Morgan fingerprint density at radius 1 is 1.18 bits per heavy atom. The van der Waals surface area contributed by atoms with E-state index in [-0.39, 0.29) is 11.6 Å². The number of carbonyl (C=O) groups excluding carboxylic acids is 2. The fraction of sp³-hybridized carbons (Fsp3) is 0.250. The monoisotopic (exact) mass is 215 g/mol. The molecule has 0 fully saturated rings. The van der Waals surface area contributed by atoms with Crippen LogP contribution in [0.2, 0.25) is 0 Å². The molecule has 0 radical (unpaired) electrons. The Kier molecular flexibility index (Phi) is 2.09. The van der Waals surface area contributed by atoms with Gasteiger partial charge in [-0.3, -0.25) is 9.59 Å². The van der Waals surface area contributed by atoms with Gasteiger partial charge < -0.3 is 0 Å². The van der Waals surface area contributed by atoms with Crippen molar-refractivity contribution in [3.63, 3.8) is 0 Å². The van der Waals surface area contributed by atoms with Crippen LogP contribution in [-0.2, 0) is 9.59 Å². The highest BCUT2D eigenvalue weighted by atomic mass is 79.9. The largest absolute Gasteiger partial charge is 0.290 e. The molecule has 11 heavy (non-hydrogen) atoms. The van der Waals surface area contributed by atoms with E-state index < -0.39 is 0 Å². The molecule has 0 atom stereocenters. The van der Waals surface area contributed by atoms with Gasteiger partial charge in [-0.25, -0.2) is 0 Å². The zero-order valence-corrected chi connectivity index (χ0v) is 7.86. The van der Waals surface area contributed by atoms with Crippen LogP contribution in [0.25, 0.3) is 0 Å². The highest BCUT2D eigenvalue weighted by Crippen LogP contribution is 2.21. The molecule has 0 aromatic rings. The molecule has 0 aliphatic heterocycles. The SMILES string of the molecule is CC1=C(C)[13C](=O)C(Br)=CC1=O. The van der Waals surface area contributed by atoms with Gasteiger partial charge in [-0.1, -0.05) is 0 Å². The second-order valence-corrected chi connectivity index (χ2v) is 3.29. The third-order valence-corrected chi connectivity index (χ3v) is 2.34. The van der Waals surface area contributed by atoms with Crippen molar-refractivity contribution < 1.29 is 9.59 Å². The quantitative estimate of drug-likeness (QED) is 0.456. The lowest BCUT2D eigenvalue weighted by Gasteiger charge is -2.08. The summed E-state index contributed by atoms with van der Waals surface area (Å²) in [6.07, 6.45) is 1.31. The maximum Gasteiger partial charge on any atom is 0.196 e. The Hall–Kier alpha value is -0.700. The summed E-state index contributed by atoms with van der Waals surface area (Å²) in [6.45, 7) is 3.31. The van der Waals surface area contributed by atoms with Gasteiger partial charge in [-0.05, 0) is 29.8 Å². The van der Waals surface area contributed by atoms with E-state index in [9.17, 15) is 9.59 Å². The number of hydrogen-bond donors (Lipinski definition) is 0. The minimum Gasteiger partial charge on any atom is -0.290 e. The van der Waals surface area contributed by atoms with Crippen LogP contribution in [0, 0.1) is 0 Å². The van der Waals surface area contributed by atoms with Crippen molar-refractivity contribution in [3.05, 3.63) is 21.7 Å². The Labute approximate surface area is 73.1 Å². The Morgan fingerprint density at radius 2 is 1.73 bits per heavy atom. The topological polar surface area (TPSA) is 34.1 Å². The number of halogens is 1. The van der Waals surface area contributed by atoms with E-state index in [1.165, 1.54) is 6.08 Å². The standard InChI is InChI=1S/C8H7BrO2/c1-4-5(2)8(11)6(9)3-7(4)10/h3H,1-2H3/i8+1. The number of allylic oxidation sites excluding steroid dienone is 4. The van der Waals surface area contributed by atoms with Crippen LogP contribution in [0.4, 0.5) is 0 Å². The van der Waals surface area contributed by atoms with Crippen molar-refractivity contribution in [1.29, 1.82) is 0 Å². The lowest BCUT2D eigenvalue weighted by atomic mass is 10.1. The van der Waals surface area contributed by atoms with Crippen molar-refractivity contribution >= 4 is 27.5 Å². The van der Waals surface area contributed by atoms with Crippen LogP contribution in [0.5, 0.6) is 0 Å². The number of ketones is 2. The molecular formula is C8H7BrO2. The molecule has 58 valence electrons. The van der Waals surface area contributed by atoms with Crippen molar-refractivity contribution in [2.75, 3.05) is 0 Å². The maximum atomic E-state index is 11.2. The van der Waals surface area contributed by atoms with Gasteiger partial charge in [0.1, 0.15) is 0 Å².